The summed E-state index contributed by atoms with van der Waals surface area (Å²) in [5, 5.41) is 4.90. The standard InChI is InChI=1S/C16H21NO/c1-12(2)11-16(8-5-9-17-16)15-10-13-6-3-4-7-14(13)18-15/h3-4,6-7,10,12,17H,5,8-9,11H2,1-2H3. The van der Waals surface area contributed by atoms with E-state index in [1.54, 1.807) is 0 Å². The summed E-state index contributed by atoms with van der Waals surface area (Å²) in [7, 11) is 0. The van der Waals surface area contributed by atoms with Crippen LogP contribution in [0.15, 0.2) is 34.7 Å². The van der Waals surface area contributed by atoms with Crippen LogP contribution in [-0.4, -0.2) is 6.54 Å². The molecule has 2 heterocycles. The lowest BCUT2D eigenvalue weighted by molar-refractivity contribution is 0.261. The molecular weight excluding hydrogens is 222 g/mol. The molecule has 0 spiro atoms. The van der Waals surface area contributed by atoms with Gasteiger partial charge in [-0.15, -0.1) is 0 Å². The van der Waals surface area contributed by atoms with Gasteiger partial charge in [0.1, 0.15) is 11.3 Å². The Morgan fingerprint density at radius 1 is 1.33 bits per heavy atom. The van der Waals surface area contributed by atoms with E-state index in [2.05, 4.69) is 43.4 Å². The lowest BCUT2D eigenvalue weighted by Crippen LogP contribution is -2.37. The minimum atomic E-state index is 0.0627. The fourth-order valence-corrected chi connectivity index (χ4v) is 3.21. The van der Waals surface area contributed by atoms with Crippen molar-refractivity contribution in [3.05, 3.63) is 36.1 Å². The largest absolute Gasteiger partial charge is 0.459 e. The molecule has 3 rings (SSSR count). The molecule has 0 saturated carbocycles. The van der Waals surface area contributed by atoms with E-state index in [0.29, 0.717) is 5.92 Å². The lowest BCUT2D eigenvalue weighted by atomic mass is 9.85. The summed E-state index contributed by atoms with van der Waals surface area (Å²) in [5.74, 6) is 1.79. The minimum absolute atomic E-state index is 0.0627. The van der Waals surface area contributed by atoms with Crippen molar-refractivity contribution in [2.24, 2.45) is 5.92 Å². The van der Waals surface area contributed by atoms with Crippen molar-refractivity contribution in [3.63, 3.8) is 0 Å². The van der Waals surface area contributed by atoms with E-state index >= 15 is 0 Å². The van der Waals surface area contributed by atoms with Gasteiger partial charge in [-0.2, -0.15) is 0 Å². The number of hydrogen-bond donors (Lipinski definition) is 1. The maximum absolute atomic E-state index is 6.09. The summed E-state index contributed by atoms with van der Waals surface area (Å²) in [6.45, 7) is 5.67. The molecule has 0 bridgehead atoms. The molecule has 96 valence electrons. The molecule has 1 aliphatic rings. The van der Waals surface area contributed by atoms with Gasteiger partial charge in [-0.05, 0) is 43.9 Å². The van der Waals surface area contributed by atoms with Crippen molar-refractivity contribution in [1.29, 1.82) is 0 Å². The van der Waals surface area contributed by atoms with Gasteiger partial charge in [-0.3, -0.25) is 0 Å². The van der Waals surface area contributed by atoms with E-state index in [9.17, 15) is 0 Å². The number of nitrogens with one attached hydrogen (secondary N) is 1. The lowest BCUT2D eigenvalue weighted by Gasteiger charge is -2.29. The van der Waals surface area contributed by atoms with Crippen molar-refractivity contribution in [1.82, 2.24) is 5.32 Å². The van der Waals surface area contributed by atoms with E-state index in [1.807, 2.05) is 6.07 Å². The zero-order valence-corrected chi connectivity index (χ0v) is 11.2. The first kappa shape index (κ1) is 11.8. The third-order valence-electron chi connectivity index (χ3n) is 3.90. The topological polar surface area (TPSA) is 25.2 Å². The van der Waals surface area contributed by atoms with Gasteiger partial charge in [0.2, 0.25) is 0 Å². The van der Waals surface area contributed by atoms with Gasteiger partial charge in [0.25, 0.3) is 0 Å². The van der Waals surface area contributed by atoms with E-state index < -0.39 is 0 Å². The second-order valence-corrected chi connectivity index (χ2v) is 5.86. The molecule has 1 fully saturated rings. The quantitative estimate of drug-likeness (QED) is 0.879. The van der Waals surface area contributed by atoms with Gasteiger partial charge in [0.05, 0.1) is 5.54 Å². The second-order valence-electron chi connectivity index (χ2n) is 5.86. The van der Waals surface area contributed by atoms with Crippen LogP contribution in [0.4, 0.5) is 0 Å². The van der Waals surface area contributed by atoms with Gasteiger partial charge >= 0.3 is 0 Å². The summed E-state index contributed by atoms with van der Waals surface area (Å²) >= 11 is 0. The van der Waals surface area contributed by atoms with Crippen LogP contribution in [0.5, 0.6) is 0 Å². The van der Waals surface area contributed by atoms with E-state index in [0.717, 1.165) is 24.3 Å². The van der Waals surface area contributed by atoms with Crippen LogP contribution in [0.2, 0.25) is 0 Å². The molecule has 2 nitrogen and oxygen atoms in total. The molecule has 1 N–H and O–H groups in total. The predicted octanol–water partition coefficient (Wildman–Crippen LogP) is 4.06. The maximum Gasteiger partial charge on any atom is 0.134 e. The van der Waals surface area contributed by atoms with Crippen LogP contribution in [0, 0.1) is 5.92 Å². The Hall–Kier alpha value is -1.28. The zero-order valence-electron chi connectivity index (χ0n) is 11.2. The normalized spacial score (nSPS) is 24.2. The van der Waals surface area contributed by atoms with Crippen LogP contribution in [-0.2, 0) is 5.54 Å². The molecule has 2 heteroatoms. The summed E-state index contributed by atoms with van der Waals surface area (Å²) in [5.41, 5.74) is 1.07. The van der Waals surface area contributed by atoms with Crippen LogP contribution < -0.4 is 5.32 Å². The fraction of sp³-hybridized carbons (Fsp3) is 0.500. The highest BCUT2D eigenvalue weighted by Crippen LogP contribution is 2.39. The minimum Gasteiger partial charge on any atom is -0.459 e. The SMILES string of the molecule is CC(C)CC1(c2cc3ccccc3o2)CCCN1. The summed E-state index contributed by atoms with van der Waals surface area (Å²) in [6.07, 6.45) is 3.57. The number of para-hydroxylation sites is 1. The average Bonchev–Trinajstić information content (AvgIpc) is 2.94. The maximum atomic E-state index is 6.09. The van der Waals surface area contributed by atoms with Crippen molar-refractivity contribution < 1.29 is 4.42 Å². The first-order valence-electron chi connectivity index (χ1n) is 6.94. The molecule has 1 unspecified atom stereocenters. The highest BCUT2D eigenvalue weighted by atomic mass is 16.3. The van der Waals surface area contributed by atoms with Gasteiger partial charge < -0.3 is 9.73 Å². The number of rotatable bonds is 3. The molecule has 1 aliphatic heterocycles. The van der Waals surface area contributed by atoms with Gasteiger partial charge in [-0.25, -0.2) is 0 Å². The third kappa shape index (κ3) is 1.95. The van der Waals surface area contributed by atoms with Crippen molar-refractivity contribution in [3.8, 4) is 0 Å². The van der Waals surface area contributed by atoms with Crippen molar-refractivity contribution in [2.75, 3.05) is 6.54 Å². The number of hydrogen-bond acceptors (Lipinski definition) is 2. The van der Waals surface area contributed by atoms with E-state index in [-0.39, 0.29) is 5.54 Å². The van der Waals surface area contributed by atoms with Gasteiger partial charge in [-0.1, -0.05) is 32.0 Å². The zero-order chi connectivity index (χ0) is 12.6. The van der Waals surface area contributed by atoms with Crippen molar-refractivity contribution >= 4 is 11.0 Å². The van der Waals surface area contributed by atoms with Gasteiger partial charge in [0.15, 0.2) is 0 Å². The number of furan rings is 1. The van der Waals surface area contributed by atoms with Gasteiger partial charge in [0, 0.05) is 5.39 Å². The first-order valence-corrected chi connectivity index (χ1v) is 6.94. The van der Waals surface area contributed by atoms with Crippen LogP contribution in [0.25, 0.3) is 11.0 Å². The summed E-state index contributed by atoms with van der Waals surface area (Å²) in [4.78, 5) is 0. The molecule has 0 aliphatic carbocycles. The van der Waals surface area contributed by atoms with Crippen LogP contribution in [0.1, 0.15) is 38.9 Å². The highest BCUT2D eigenvalue weighted by molar-refractivity contribution is 5.78. The van der Waals surface area contributed by atoms with Crippen molar-refractivity contribution in [2.45, 2.75) is 38.6 Å². The Morgan fingerprint density at radius 3 is 2.83 bits per heavy atom. The average molecular weight is 243 g/mol. The van der Waals surface area contributed by atoms with E-state index in [1.165, 1.54) is 18.2 Å². The molecule has 18 heavy (non-hydrogen) atoms. The van der Waals surface area contributed by atoms with Crippen LogP contribution >= 0.6 is 0 Å². The smallest absolute Gasteiger partial charge is 0.134 e. The summed E-state index contributed by atoms with van der Waals surface area (Å²) in [6, 6.07) is 10.5. The summed E-state index contributed by atoms with van der Waals surface area (Å²) < 4.78 is 6.09. The number of fused-ring (bicyclic) bond motifs is 1. The molecule has 1 atom stereocenters. The Kier molecular flexibility index (Phi) is 2.90. The Balaban J connectivity index is 2.04. The Morgan fingerprint density at radius 2 is 2.17 bits per heavy atom. The molecule has 0 radical (unpaired) electrons. The van der Waals surface area contributed by atoms with E-state index in [4.69, 9.17) is 4.42 Å². The molecule has 2 aromatic rings. The Bertz CT molecular complexity index is 502. The molecule has 1 aromatic heterocycles. The van der Waals surface area contributed by atoms with Crippen LogP contribution in [0.3, 0.4) is 0 Å². The highest BCUT2D eigenvalue weighted by Gasteiger charge is 2.38. The Labute approximate surface area is 108 Å². The molecule has 1 saturated heterocycles. The first-order chi connectivity index (χ1) is 8.70. The molecule has 1 aromatic carbocycles. The predicted molar refractivity (Wildman–Crippen MR) is 74.6 cm³/mol. The molecule has 0 amide bonds. The number of benzene rings is 1. The third-order valence-corrected chi connectivity index (χ3v) is 3.90. The monoisotopic (exact) mass is 243 g/mol. The fourth-order valence-electron chi connectivity index (χ4n) is 3.21. The molecular formula is C16H21NO. The second kappa shape index (κ2) is 4.43.